The maximum absolute atomic E-state index is 13.3. The van der Waals surface area contributed by atoms with E-state index in [9.17, 15) is 19.2 Å². The lowest BCUT2D eigenvalue weighted by atomic mass is 9.92. The first-order valence-electron chi connectivity index (χ1n) is 17.4. The summed E-state index contributed by atoms with van der Waals surface area (Å²) in [5.74, 6) is -1.47. The predicted molar refractivity (Wildman–Crippen MR) is 211 cm³/mol. The van der Waals surface area contributed by atoms with Gasteiger partial charge in [0.25, 0.3) is 11.8 Å². The zero-order valence-corrected chi connectivity index (χ0v) is 32.5. The second-order valence-corrected chi connectivity index (χ2v) is 14.9. The van der Waals surface area contributed by atoms with E-state index in [4.69, 9.17) is 55.9 Å². The van der Waals surface area contributed by atoms with Crippen molar-refractivity contribution < 1.29 is 28.7 Å². The number of hydrogen-bond acceptors (Lipinski definition) is 8. The molecule has 4 aromatic carbocycles. The minimum absolute atomic E-state index is 0.262. The van der Waals surface area contributed by atoms with Gasteiger partial charge in [-0.3, -0.25) is 9.59 Å². The number of nitrogens with one attached hydrogen (secondary N) is 4. The van der Waals surface area contributed by atoms with E-state index in [1.807, 2.05) is 24.3 Å². The first-order valence-corrected chi connectivity index (χ1v) is 18.9. The summed E-state index contributed by atoms with van der Waals surface area (Å²) in [7, 11) is 2.63. The number of methoxy groups -OCH3 is 2. The number of esters is 2. The molecule has 0 fully saturated rings. The molecule has 2 aliphatic heterocycles. The maximum Gasteiger partial charge on any atom is 0.328 e. The highest BCUT2D eigenvalue weighted by molar-refractivity contribution is 6.36. The van der Waals surface area contributed by atoms with Crippen molar-refractivity contribution in [3.8, 4) is 0 Å². The first kappa shape index (κ1) is 39.2. The minimum atomic E-state index is -0.671. The number of benzene rings is 4. The highest BCUT2D eigenvalue weighted by Gasteiger charge is 2.36. The molecule has 6 rings (SSSR count). The average Bonchev–Trinajstić information content (AvgIpc) is 3.15. The van der Waals surface area contributed by atoms with Gasteiger partial charge in [-0.2, -0.15) is 0 Å². The van der Waals surface area contributed by atoms with E-state index in [0.717, 1.165) is 36.8 Å². The van der Waals surface area contributed by atoms with Crippen LogP contribution in [0, 0.1) is 0 Å². The Balaban J connectivity index is 0.997. The van der Waals surface area contributed by atoms with Crippen LogP contribution in [0.4, 0.5) is 11.4 Å². The molecule has 0 unspecified atom stereocenters. The van der Waals surface area contributed by atoms with E-state index in [-0.39, 0.29) is 24.7 Å². The third-order valence-corrected chi connectivity index (χ3v) is 10.7. The molecule has 54 heavy (non-hydrogen) atoms. The second kappa shape index (κ2) is 17.3. The number of ether oxygens (including phenoxy) is 2. The number of rotatable bonds is 11. The number of anilines is 2. The van der Waals surface area contributed by atoms with Crippen LogP contribution in [-0.2, 0) is 31.9 Å². The van der Waals surface area contributed by atoms with Crippen molar-refractivity contribution in [3.63, 3.8) is 0 Å². The summed E-state index contributed by atoms with van der Waals surface area (Å²) in [5, 5.41) is 13.9. The lowest BCUT2D eigenvalue weighted by molar-refractivity contribution is -0.142. The summed E-state index contributed by atoms with van der Waals surface area (Å²) in [4.78, 5) is 51.3. The Hall–Kier alpha value is -4.48. The number of aryl methyl sites for hydroxylation is 2. The molecule has 0 saturated carbocycles. The molecule has 0 radical (unpaired) electrons. The summed E-state index contributed by atoms with van der Waals surface area (Å²) in [5.41, 5.74) is 5.66. The molecule has 4 atom stereocenters. The Bertz CT molecular complexity index is 1910. The number of unbranched alkanes of at least 4 members (excludes halogenated alkanes) is 1. The van der Waals surface area contributed by atoms with Gasteiger partial charge in [0.1, 0.15) is 12.1 Å². The number of carbonyl (C=O) groups excluding carboxylic acids is 4. The fourth-order valence-corrected chi connectivity index (χ4v) is 8.21. The minimum Gasteiger partial charge on any atom is -0.467 e. The number of hydrogen-bond donors (Lipinski definition) is 4. The highest BCUT2D eigenvalue weighted by atomic mass is 35.5. The molecule has 0 aromatic heterocycles. The SMILES string of the molecule is COC(=O)[C@H]1C[C@H](NC(=O)c2ccc(CCCCc3ccc(C(=O)N[C@H]4C[C@H](C(=O)OC)Nc5cc(Cl)cc(Cl)c54)cc3)cc2)c2c(Cl)cc(Cl)cc2N1. The first-order chi connectivity index (χ1) is 25.9. The molecule has 4 N–H and O–H groups in total. The normalized spacial score (nSPS) is 18.6. The van der Waals surface area contributed by atoms with E-state index in [1.165, 1.54) is 14.2 Å². The van der Waals surface area contributed by atoms with Gasteiger partial charge in [0.15, 0.2) is 0 Å². The fourth-order valence-electron chi connectivity index (χ4n) is 6.96. The van der Waals surface area contributed by atoms with E-state index < -0.39 is 36.1 Å². The van der Waals surface area contributed by atoms with Crippen molar-refractivity contribution in [2.45, 2.75) is 62.7 Å². The highest BCUT2D eigenvalue weighted by Crippen LogP contribution is 2.41. The van der Waals surface area contributed by atoms with Crippen LogP contribution >= 0.6 is 46.4 Å². The Kier molecular flexibility index (Phi) is 12.6. The van der Waals surface area contributed by atoms with Crippen LogP contribution in [0.3, 0.4) is 0 Å². The Morgan fingerprint density at radius 2 is 0.981 bits per heavy atom. The third kappa shape index (κ3) is 9.06. The van der Waals surface area contributed by atoms with Crippen LogP contribution < -0.4 is 21.3 Å². The fraction of sp³-hybridized carbons (Fsp3) is 0.300. The molecule has 0 spiro atoms. The molecule has 0 aliphatic carbocycles. The third-order valence-electron chi connectivity index (χ3n) is 9.68. The van der Waals surface area contributed by atoms with Crippen molar-refractivity contribution in [2.75, 3.05) is 24.9 Å². The monoisotopic (exact) mass is 810 g/mol. The summed E-state index contributed by atoms with van der Waals surface area (Å²) in [6.07, 6.45) is 4.04. The zero-order valence-electron chi connectivity index (χ0n) is 29.4. The van der Waals surface area contributed by atoms with Crippen LogP contribution in [0.5, 0.6) is 0 Å². The summed E-state index contributed by atoms with van der Waals surface area (Å²) >= 11 is 25.4. The molecule has 4 aromatic rings. The van der Waals surface area contributed by atoms with Crippen LogP contribution in [0.2, 0.25) is 20.1 Å². The van der Waals surface area contributed by atoms with Gasteiger partial charge >= 0.3 is 11.9 Å². The van der Waals surface area contributed by atoms with Crippen molar-refractivity contribution in [1.82, 2.24) is 10.6 Å². The zero-order chi connectivity index (χ0) is 38.5. The van der Waals surface area contributed by atoms with Gasteiger partial charge in [-0.15, -0.1) is 0 Å². The van der Waals surface area contributed by atoms with Gasteiger partial charge in [-0.25, -0.2) is 9.59 Å². The average molecular weight is 813 g/mol. The molecule has 10 nitrogen and oxygen atoms in total. The molecular weight excluding hydrogens is 774 g/mol. The second-order valence-electron chi connectivity index (χ2n) is 13.3. The maximum atomic E-state index is 13.3. The van der Waals surface area contributed by atoms with Crippen LogP contribution in [0.25, 0.3) is 0 Å². The molecule has 0 saturated heterocycles. The van der Waals surface area contributed by atoms with Gasteiger partial charge in [-0.1, -0.05) is 70.7 Å². The Labute approximate surface area is 333 Å². The van der Waals surface area contributed by atoms with Crippen LogP contribution in [0.1, 0.15) is 80.7 Å². The smallest absolute Gasteiger partial charge is 0.328 e. The van der Waals surface area contributed by atoms with E-state index in [1.54, 1.807) is 48.5 Å². The molecule has 282 valence electrons. The van der Waals surface area contributed by atoms with Gasteiger partial charge in [0.05, 0.1) is 26.3 Å². The quantitative estimate of drug-likeness (QED) is 0.0875. The Morgan fingerprint density at radius 3 is 1.33 bits per heavy atom. The van der Waals surface area contributed by atoms with Gasteiger partial charge in [0.2, 0.25) is 0 Å². The lowest BCUT2D eigenvalue weighted by Crippen LogP contribution is -2.41. The van der Waals surface area contributed by atoms with Crippen molar-refractivity contribution in [1.29, 1.82) is 0 Å². The number of halogens is 4. The lowest BCUT2D eigenvalue weighted by Gasteiger charge is -2.33. The molecular formula is C40H38Cl4N4O6. The van der Waals surface area contributed by atoms with E-state index >= 15 is 0 Å². The molecule has 0 bridgehead atoms. The molecule has 2 amide bonds. The number of fused-ring (bicyclic) bond motifs is 2. The van der Waals surface area contributed by atoms with Gasteiger partial charge < -0.3 is 30.7 Å². The molecule has 14 heteroatoms. The van der Waals surface area contributed by atoms with Crippen molar-refractivity contribution >= 4 is 81.5 Å². The summed E-state index contributed by atoms with van der Waals surface area (Å²) in [6.45, 7) is 0. The predicted octanol–water partition coefficient (Wildman–Crippen LogP) is 8.52. The molecule has 2 aliphatic rings. The standard InChI is InChI=1S/C40H38Cl4N4O6/c1-53-39(51)33-19-31(35-27(43)15-25(41)17-29(35)45-33)47-37(49)23-11-7-21(8-12-23)5-3-4-6-22-9-13-24(14-10-22)38(50)48-32-20-34(40(52)54-2)46-30-18-26(42)16-28(44)36(30)32/h7-18,31-34,45-46H,3-6,19-20H2,1-2H3,(H,47,49)(H,48,50)/t31-,32-,33+,34+/m0/s1. The van der Waals surface area contributed by atoms with Crippen LogP contribution in [0.15, 0.2) is 72.8 Å². The summed E-state index contributed by atoms with van der Waals surface area (Å²) < 4.78 is 9.86. The van der Waals surface area contributed by atoms with E-state index in [0.29, 0.717) is 53.7 Å². The summed E-state index contributed by atoms with van der Waals surface area (Å²) in [6, 6.07) is 19.1. The number of amides is 2. The largest absolute Gasteiger partial charge is 0.467 e. The topological polar surface area (TPSA) is 135 Å². The molecule has 2 heterocycles. The number of carbonyl (C=O) groups is 4. The van der Waals surface area contributed by atoms with Gasteiger partial charge in [0, 0.05) is 66.6 Å². The van der Waals surface area contributed by atoms with Crippen molar-refractivity contribution in [3.05, 3.63) is 126 Å². The van der Waals surface area contributed by atoms with E-state index in [2.05, 4.69) is 21.3 Å². The van der Waals surface area contributed by atoms with Gasteiger partial charge in [-0.05, 0) is 85.3 Å². The van der Waals surface area contributed by atoms with Crippen LogP contribution in [-0.4, -0.2) is 50.1 Å². The Morgan fingerprint density at radius 1 is 0.611 bits per heavy atom. The van der Waals surface area contributed by atoms with Crippen molar-refractivity contribution in [2.24, 2.45) is 0 Å².